The summed E-state index contributed by atoms with van der Waals surface area (Å²) in [4.78, 5) is 20.4. The van der Waals surface area contributed by atoms with Gasteiger partial charge >= 0.3 is 6.09 Å². The fourth-order valence-electron chi connectivity index (χ4n) is 1.38. The van der Waals surface area contributed by atoms with E-state index in [1.807, 2.05) is 5.32 Å². The maximum atomic E-state index is 13.3. The normalized spacial score (nSPS) is 9.94. The van der Waals surface area contributed by atoms with Crippen molar-refractivity contribution in [3.63, 3.8) is 0 Å². The summed E-state index contributed by atoms with van der Waals surface area (Å²) in [6, 6.07) is 0.922. The monoisotopic (exact) mass is 228 g/mol. The van der Waals surface area contributed by atoms with E-state index in [4.69, 9.17) is 5.11 Å². The molecule has 0 aliphatic carbocycles. The number of anilines is 1. The molecule has 0 fully saturated rings. The molecule has 0 aliphatic heterocycles. The number of nitro groups is 1. The molecule has 1 amide bonds. The number of benzene rings is 1. The van der Waals surface area contributed by atoms with E-state index in [0.717, 1.165) is 6.07 Å². The van der Waals surface area contributed by atoms with Crippen LogP contribution in [0, 0.1) is 29.8 Å². The van der Waals surface area contributed by atoms with Crippen LogP contribution in [0.25, 0.3) is 0 Å². The van der Waals surface area contributed by atoms with E-state index in [2.05, 4.69) is 0 Å². The van der Waals surface area contributed by atoms with Crippen LogP contribution < -0.4 is 5.32 Å². The van der Waals surface area contributed by atoms with Gasteiger partial charge in [-0.2, -0.15) is 0 Å². The lowest BCUT2D eigenvalue weighted by atomic mass is 10.1. The third kappa shape index (κ3) is 2.08. The maximum absolute atomic E-state index is 13.3. The standard InChI is InChI=1S/C9H9FN2O4/c1-4-6(10)3-7(11-9(13)14)5(2)8(4)12(15)16/h3,11H,1-2H3,(H,13,14). The van der Waals surface area contributed by atoms with Crippen molar-refractivity contribution in [2.45, 2.75) is 13.8 Å². The number of hydrogen-bond acceptors (Lipinski definition) is 3. The highest BCUT2D eigenvalue weighted by atomic mass is 19.1. The lowest BCUT2D eigenvalue weighted by Crippen LogP contribution is -2.10. The van der Waals surface area contributed by atoms with Gasteiger partial charge in [0.2, 0.25) is 0 Å². The summed E-state index contributed by atoms with van der Waals surface area (Å²) in [7, 11) is 0. The summed E-state index contributed by atoms with van der Waals surface area (Å²) in [5.74, 6) is -0.818. The predicted molar refractivity (Wildman–Crippen MR) is 54.2 cm³/mol. The average molecular weight is 228 g/mol. The van der Waals surface area contributed by atoms with E-state index >= 15 is 0 Å². The number of carbonyl (C=O) groups is 1. The van der Waals surface area contributed by atoms with Crippen molar-refractivity contribution in [2.75, 3.05) is 5.32 Å². The molecule has 86 valence electrons. The number of nitro benzene ring substituents is 1. The maximum Gasteiger partial charge on any atom is 0.409 e. The SMILES string of the molecule is Cc1c(F)cc(NC(=O)O)c(C)c1[N+](=O)[O-]. The van der Waals surface area contributed by atoms with Crippen molar-refractivity contribution < 1.29 is 19.2 Å². The second-order valence-corrected chi connectivity index (χ2v) is 3.19. The van der Waals surface area contributed by atoms with E-state index in [1.165, 1.54) is 13.8 Å². The van der Waals surface area contributed by atoms with E-state index in [0.29, 0.717) is 0 Å². The average Bonchev–Trinajstić information content (AvgIpc) is 2.13. The van der Waals surface area contributed by atoms with E-state index < -0.39 is 22.5 Å². The number of nitrogens with zero attached hydrogens (tertiary/aromatic N) is 1. The molecule has 16 heavy (non-hydrogen) atoms. The number of halogens is 1. The molecule has 1 rings (SSSR count). The molecule has 0 saturated carbocycles. The summed E-state index contributed by atoms with van der Waals surface area (Å²) in [5.41, 5.74) is -0.559. The van der Waals surface area contributed by atoms with Gasteiger partial charge in [-0.25, -0.2) is 9.18 Å². The topological polar surface area (TPSA) is 92.5 Å². The zero-order valence-electron chi connectivity index (χ0n) is 8.57. The van der Waals surface area contributed by atoms with Gasteiger partial charge in [-0.05, 0) is 19.9 Å². The molecule has 0 heterocycles. The fraction of sp³-hybridized carbons (Fsp3) is 0.222. The van der Waals surface area contributed by atoms with Crippen molar-refractivity contribution in [2.24, 2.45) is 0 Å². The Kier molecular flexibility index (Phi) is 3.07. The number of rotatable bonds is 2. The smallest absolute Gasteiger partial charge is 0.409 e. The van der Waals surface area contributed by atoms with Crippen molar-refractivity contribution in [1.29, 1.82) is 0 Å². The van der Waals surface area contributed by atoms with Crippen LogP contribution in [0.2, 0.25) is 0 Å². The summed E-state index contributed by atoms with van der Waals surface area (Å²) >= 11 is 0. The summed E-state index contributed by atoms with van der Waals surface area (Å²) in [6.07, 6.45) is -1.40. The number of carboxylic acid groups (broad SMARTS) is 1. The molecule has 0 atom stereocenters. The lowest BCUT2D eigenvalue weighted by Gasteiger charge is -2.08. The minimum Gasteiger partial charge on any atom is -0.465 e. The Bertz CT molecular complexity index is 473. The molecule has 6 nitrogen and oxygen atoms in total. The molecule has 2 N–H and O–H groups in total. The molecule has 0 saturated heterocycles. The third-order valence-electron chi connectivity index (χ3n) is 2.17. The Hall–Kier alpha value is -2.18. The lowest BCUT2D eigenvalue weighted by molar-refractivity contribution is -0.386. The second kappa shape index (κ2) is 4.13. The van der Waals surface area contributed by atoms with Crippen LogP contribution in [0.3, 0.4) is 0 Å². The summed E-state index contributed by atoms with van der Waals surface area (Å²) < 4.78 is 13.3. The quantitative estimate of drug-likeness (QED) is 0.600. The molecule has 0 radical (unpaired) electrons. The largest absolute Gasteiger partial charge is 0.465 e. The van der Waals surface area contributed by atoms with Crippen LogP contribution in [-0.2, 0) is 0 Å². The van der Waals surface area contributed by atoms with Crippen LogP contribution >= 0.6 is 0 Å². The molecule has 0 bridgehead atoms. The molecule has 0 aromatic heterocycles. The molecule has 1 aromatic rings. The Labute approximate surface area is 89.9 Å². The molecular formula is C9H9FN2O4. The highest BCUT2D eigenvalue weighted by molar-refractivity contribution is 5.85. The fourth-order valence-corrected chi connectivity index (χ4v) is 1.38. The molecule has 0 unspecified atom stereocenters. The Morgan fingerprint density at radius 1 is 1.50 bits per heavy atom. The minimum atomic E-state index is -1.40. The molecule has 0 spiro atoms. The first-order valence-corrected chi connectivity index (χ1v) is 4.28. The van der Waals surface area contributed by atoms with Crippen molar-refractivity contribution >= 4 is 17.5 Å². The zero-order valence-corrected chi connectivity index (χ0v) is 8.57. The van der Waals surface area contributed by atoms with Crippen LogP contribution in [0.5, 0.6) is 0 Å². The zero-order chi connectivity index (χ0) is 12.5. The second-order valence-electron chi connectivity index (χ2n) is 3.19. The molecule has 0 aliphatic rings. The van der Waals surface area contributed by atoms with Gasteiger partial charge in [0.1, 0.15) is 5.82 Å². The Morgan fingerprint density at radius 2 is 2.06 bits per heavy atom. The third-order valence-corrected chi connectivity index (χ3v) is 2.17. The first-order chi connectivity index (χ1) is 7.34. The van der Waals surface area contributed by atoms with Gasteiger partial charge in [0, 0.05) is 0 Å². The van der Waals surface area contributed by atoms with E-state index in [-0.39, 0.29) is 16.8 Å². The summed E-state index contributed by atoms with van der Waals surface area (Å²) in [5, 5.41) is 21.1. The van der Waals surface area contributed by atoms with Crippen LogP contribution in [0.1, 0.15) is 11.1 Å². The first kappa shape index (κ1) is 11.9. The number of hydrogen-bond donors (Lipinski definition) is 2. The van der Waals surface area contributed by atoms with Crippen LogP contribution in [0.15, 0.2) is 6.07 Å². The van der Waals surface area contributed by atoms with Gasteiger partial charge in [0.25, 0.3) is 5.69 Å². The number of nitrogens with one attached hydrogen (secondary N) is 1. The van der Waals surface area contributed by atoms with Gasteiger partial charge in [-0.3, -0.25) is 15.4 Å². The highest BCUT2D eigenvalue weighted by Gasteiger charge is 2.22. The number of amides is 1. The predicted octanol–water partition coefficient (Wildman–Crippen LogP) is 2.44. The van der Waals surface area contributed by atoms with Gasteiger partial charge in [0.15, 0.2) is 0 Å². The van der Waals surface area contributed by atoms with Crippen molar-refractivity contribution in [1.82, 2.24) is 0 Å². The molecule has 7 heteroatoms. The Morgan fingerprint density at radius 3 is 2.50 bits per heavy atom. The van der Waals surface area contributed by atoms with Gasteiger partial charge < -0.3 is 5.11 Å². The van der Waals surface area contributed by atoms with Crippen molar-refractivity contribution in [3.05, 3.63) is 33.1 Å². The van der Waals surface area contributed by atoms with Crippen LogP contribution in [0.4, 0.5) is 20.6 Å². The van der Waals surface area contributed by atoms with E-state index in [1.54, 1.807) is 0 Å². The minimum absolute atomic E-state index is 0.0892. The molecule has 1 aromatic carbocycles. The van der Waals surface area contributed by atoms with Crippen LogP contribution in [-0.4, -0.2) is 16.1 Å². The van der Waals surface area contributed by atoms with Gasteiger partial charge in [-0.15, -0.1) is 0 Å². The highest BCUT2D eigenvalue weighted by Crippen LogP contribution is 2.31. The Balaban J connectivity index is 3.44. The molecular weight excluding hydrogens is 219 g/mol. The first-order valence-electron chi connectivity index (χ1n) is 4.28. The van der Waals surface area contributed by atoms with Gasteiger partial charge in [0.05, 0.1) is 21.7 Å². The van der Waals surface area contributed by atoms with Crippen molar-refractivity contribution in [3.8, 4) is 0 Å². The van der Waals surface area contributed by atoms with Gasteiger partial charge in [-0.1, -0.05) is 0 Å². The van der Waals surface area contributed by atoms with E-state index in [9.17, 15) is 19.3 Å². The summed E-state index contributed by atoms with van der Waals surface area (Å²) in [6.45, 7) is 2.63.